The molecule has 0 spiro atoms. The van der Waals surface area contributed by atoms with Gasteiger partial charge >= 0.3 is 11.9 Å². The minimum absolute atomic E-state index is 0.172. The molecule has 1 N–H and O–H groups in total. The van der Waals surface area contributed by atoms with Gasteiger partial charge in [-0.05, 0) is 12.1 Å². The highest BCUT2D eigenvalue weighted by Crippen LogP contribution is 2.03. The van der Waals surface area contributed by atoms with E-state index < -0.39 is 5.97 Å². The molecule has 0 radical (unpaired) electrons. The summed E-state index contributed by atoms with van der Waals surface area (Å²) >= 11 is 0. The van der Waals surface area contributed by atoms with Gasteiger partial charge in [-0.1, -0.05) is 0 Å². The molecule has 0 aliphatic rings. The molecule has 0 saturated carbocycles. The maximum Gasteiger partial charge on any atom is 0.352 e. The van der Waals surface area contributed by atoms with Gasteiger partial charge in [0.15, 0.2) is 0 Å². The van der Waals surface area contributed by atoms with Crippen LogP contribution in [0.5, 0.6) is 0 Å². The molecule has 0 bridgehead atoms. The number of nitrogens with zero attached hydrogens (tertiary/aromatic N) is 1. The molecule has 0 aromatic carbocycles. The van der Waals surface area contributed by atoms with Gasteiger partial charge in [0.1, 0.15) is 5.69 Å². The van der Waals surface area contributed by atoms with Crippen LogP contribution >= 0.6 is 0 Å². The largest absolute Gasteiger partial charge is 0.477 e. The Kier molecular flexibility index (Phi) is 3.28. The van der Waals surface area contributed by atoms with Gasteiger partial charge in [-0.25, -0.2) is 4.79 Å². The first-order valence-corrected chi connectivity index (χ1v) is 4.10. The van der Waals surface area contributed by atoms with Crippen LogP contribution in [-0.4, -0.2) is 28.7 Å². The van der Waals surface area contributed by atoms with Crippen LogP contribution < -0.4 is 0 Å². The standard InChI is InChI=1S/C9H11NO4/c1-14-8(11)4-6-10-5-2-3-7(10)9(12)13/h2-3,5H,4,6H2,1H3,(H,12,13). The molecule has 14 heavy (non-hydrogen) atoms. The fourth-order valence-corrected chi connectivity index (χ4v) is 1.12. The van der Waals surface area contributed by atoms with Crippen LogP contribution in [0.3, 0.4) is 0 Å². The van der Waals surface area contributed by atoms with Gasteiger partial charge in [-0.2, -0.15) is 0 Å². The molecule has 0 amide bonds. The van der Waals surface area contributed by atoms with Crippen LogP contribution in [0.25, 0.3) is 0 Å². The number of hydrogen-bond acceptors (Lipinski definition) is 3. The second-order valence-electron chi connectivity index (χ2n) is 2.72. The summed E-state index contributed by atoms with van der Waals surface area (Å²) in [5, 5.41) is 8.74. The van der Waals surface area contributed by atoms with E-state index in [2.05, 4.69) is 4.74 Å². The summed E-state index contributed by atoms with van der Waals surface area (Å²) < 4.78 is 5.95. The first-order chi connectivity index (χ1) is 6.65. The number of ether oxygens (including phenoxy) is 1. The molecule has 76 valence electrons. The number of carboxylic acid groups (broad SMARTS) is 1. The fourth-order valence-electron chi connectivity index (χ4n) is 1.12. The van der Waals surface area contributed by atoms with Crippen molar-refractivity contribution in [2.24, 2.45) is 0 Å². The van der Waals surface area contributed by atoms with Crippen LogP contribution in [0, 0.1) is 0 Å². The van der Waals surface area contributed by atoms with Gasteiger partial charge in [0, 0.05) is 12.7 Å². The zero-order valence-corrected chi connectivity index (χ0v) is 7.77. The smallest absolute Gasteiger partial charge is 0.352 e. The lowest BCUT2D eigenvalue weighted by Gasteiger charge is -2.04. The Morgan fingerprint density at radius 3 is 2.86 bits per heavy atom. The molecule has 0 aliphatic heterocycles. The maximum atomic E-state index is 10.8. The average molecular weight is 197 g/mol. The summed E-state index contributed by atoms with van der Waals surface area (Å²) in [7, 11) is 1.30. The van der Waals surface area contributed by atoms with Crippen LogP contribution in [-0.2, 0) is 16.1 Å². The number of rotatable bonds is 4. The highest BCUT2D eigenvalue weighted by Gasteiger charge is 2.09. The monoisotopic (exact) mass is 197 g/mol. The van der Waals surface area contributed by atoms with Crippen LogP contribution in [0.4, 0.5) is 0 Å². The molecular weight excluding hydrogens is 186 g/mol. The van der Waals surface area contributed by atoms with Crippen LogP contribution in [0.2, 0.25) is 0 Å². The molecule has 5 heteroatoms. The maximum absolute atomic E-state index is 10.8. The van der Waals surface area contributed by atoms with E-state index in [-0.39, 0.29) is 18.1 Å². The van der Waals surface area contributed by atoms with E-state index in [9.17, 15) is 9.59 Å². The third-order valence-electron chi connectivity index (χ3n) is 1.83. The number of aromatic nitrogens is 1. The third kappa shape index (κ3) is 2.35. The van der Waals surface area contributed by atoms with Gasteiger partial charge < -0.3 is 14.4 Å². The van der Waals surface area contributed by atoms with E-state index in [1.165, 1.54) is 17.7 Å². The van der Waals surface area contributed by atoms with Crippen molar-refractivity contribution in [1.29, 1.82) is 0 Å². The Morgan fingerprint density at radius 1 is 1.57 bits per heavy atom. The summed E-state index contributed by atoms with van der Waals surface area (Å²) in [5.41, 5.74) is 0.175. The summed E-state index contributed by atoms with van der Waals surface area (Å²) in [6.07, 6.45) is 1.79. The minimum Gasteiger partial charge on any atom is -0.477 e. The summed E-state index contributed by atoms with van der Waals surface area (Å²) in [6.45, 7) is 0.321. The Morgan fingerprint density at radius 2 is 2.29 bits per heavy atom. The van der Waals surface area contributed by atoms with Crippen LogP contribution in [0.1, 0.15) is 16.9 Å². The molecule has 1 aromatic heterocycles. The first-order valence-electron chi connectivity index (χ1n) is 4.10. The number of hydrogen-bond donors (Lipinski definition) is 1. The number of methoxy groups -OCH3 is 1. The number of aromatic carboxylic acids is 1. The van der Waals surface area contributed by atoms with Gasteiger partial charge in [0.2, 0.25) is 0 Å². The van der Waals surface area contributed by atoms with Gasteiger partial charge in [0.05, 0.1) is 13.5 Å². The van der Waals surface area contributed by atoms with Crippen molar-refractivity contribution in [3.8, 4) is 0 Å². The molecular formula is C9H11NO4. The van der Waals surface area contributed by atoms with E-state index in [0.29, 0.717) is 6.54 Å². The van der Waals surface area contributed by atoms with Crippen molar-refractivity contribution in [2.75, 3.05) is 7.11 Å². The molecule has 5 nitrogen and oxygen atoms in total. The lowest BCUT2D eigenvalue weighted by atomic mass is 10.4. The molecule has 0 unspecified atom stereocenters. The number of aryl methyl sites for hydroxylation is 1. The third-order valence-corrected chi connectivity index (χ3v) is 1.83. The highest BCUT2D eigenvalue weighted by molar-refractivity contribution is 5.85. The second-order valence-corrected chi connectivity index (χ2v) is 2.72. The predicted octanol–water partition coefficient (Wildman–Crippen LogP) is 0.749. The Balaban J connectivity index is 2.63. The van der Waals surface area contributed by atoms with Gasteiger partial charge in [-0.15, -0.1) is 0 Å². The molecule has 0 aliphatic carbocycles. The van der Waals surface area contributed by atoms with Crippen LogP contribution in [0.15, 0.2) is 18.3 Å². The highest BCUT2D eigenvalue weighted by atomic mass is 16.5. The summed E-state index contributed by atoms with van der Waals surface area (Å²) in [6, 6.07) is 3.11. The molecule has 1 heterocycles. The second kappa shape index (κ2) is 4.45. The van der Waals surface area contributed by atoms with E-state index in [4.69, 9.17) is 5.11 Å². The van der Waals surface area contributed by atoms with Crippen molar-refractivity contribution >= 4 is 11.9 Å². The summed E-state index contributed by atoms with van der Waals surface area (Å²) in [5.74, 6) is -1.35. The average Bonchev–Trinajstić information content (AvgIpc) is 2.62. The molecule has 1 rings (SSSR count). The number of carbonyl (C=O) groups is 2. The van der Waals surface area contributed by atoms with Gasteiger partial charge in [0.25, 0.3) is 0 Å². The van der Waals surface area contributed by atoms with Crippen molar-refractivity contribution in [3.63, 3.8) is 0 Å². The normalized spacial score (nSPS) is 9.79. The number of esters is 1. The molecule has 0 saturated heterocycles. The Labute approximate surface area is 80.9 Å². The fraction of sp³-hybridized carbons (Fsp3) is 0.333. The topological polar surface area (TPSA) is 68.5 Å². The van der Waals surface area contributed by atoms with Crippen molar-refractivity contribution < 1.29 is 19.4 Å². The van der Waals surface area contributed by atoms with E-state index in [1.807, 2.05) is 0 Å². The zero-order valence-electron chi connectivity index (χ0n) is 7.77. The lowest BCUT2D eigenvalue weighted by molar-refractivity contribution is -0.140. The SMILES string of the molecule is COC(=O)CCn1cccc1C(=O)O. The minimum atomic E-state index is -1.00. The van der Waals surface area contributed by atoms with Crippen molar-refractivity contribution in [1.82, 2.24) is 4.57 Å². The Hall–Kier alpha value is -1.78. The Bertz CT molecular complexity index is 342. The van der Waals surface area contributed by atoms with E-state index in [1.54, 1.807) is 12.3 Å². The zero-order chi connectivity index (χ0) is 10.6. The quantitative estimate of drug-likeness (QED) is 0.723. The van der Waals surface area contributed by atoms with Crippen molar-refractivity contribution in [3.05, 3.63) is 24.0 Å². The molecule has 0 atom stereocenters. The van der Waals surface area contributed by atoms with E-state index >= 15 is 0 Å². The lowest BCUT2D eigenvalue weighted by Crippen LogP contribution is -2.11. The molecule has 1 aromatic rings. The number of carbonyl (C=O) groups excluding carboxylic acids is 1. The first kappa shape index (κ1) is 10.3. The van der Waals surface area contributed by atoms with E-state index in [0.717, 1.165) is 0 Å². The van der Waals surface area contributed by atoms with Crippen molar-refractivity contribution in [2.45, 2.75) is 13.0 Å². The van der Waals surface area contributed by atoms with Gasteiger partial charge in [-0.3, -0.25) is 4.79 Å². The number of carboxylic acids is 1. The molecule has 0 fully saturated rings. The summed E-state index contributed by atoms with van der Waals surface area (Å²) in [4.78, 5) is 21.5. The predicted molar refractivity (Wildman–Crippen MR) is 48.0 cm³/mol.